The average Bonchev–Trinajstić information content (AvgIpc) is 2.91. The molecule has 0 aliphatic rings. The molecule has 0 aliphatic carbocycles. The maximum atomic E-state index is 13.5. The number of carboxylic acid groups (broad SMARTS) is 1. The molecule has 0 aliphatic heterocycles. The van der Waals surface area contributed by atoms with Gasteiger partial charge >= 0.3 is 5.97 Å². The van der Waals surface area contributed by atoms with Gasteiger partial charge in [0.25, 0.3) is 5.56 Å². The summed E-state index contributed by atoms with van der Waals surface area (Å²) in [5, 5.41) is 14.4. The predicted molar refractivity (Wildman–Crippen MR) is 154 cm³/mol. The van der Waals surface area contributed by atoms with Crippen LogP contribution in [0.5, 0.6) is 5.75 Å². The van der Waals surface area contributed by atoms with Crippen LogP contribution in [0.25, 0.3) is 10.9 Å². The second-order valence-electron chi connectivity index (χ2n) is 9.21. The molecule has 1 atom stereocenters. The molecule has 1 heterocycles. The minimum atomic E-state index is -0.993. The molecule has 8 nitrogen and oxygen atoms in total. The highest BCUT2D eigenvalue weighted by Crippen LogP contribution is 2.26. The van der Waals surface area contributed by atoms with Crippen molar-refractivity contribution in [3.8, 4) is 5.75 Å². The molecule has 0 amide bonds. The number of fused-ring (bicyclic) bond motifs is 1. The number of hydrogen-bond acceptors (Lipinski definition) is 6. The van der Waals surface area contributed by atoms with Crippen molar-refractivity contribution < 1.29 is 14.6 Å². The molecule has 0 saturated heterocycles. The lowest BCUT2D eigenvalue weighted by Gasteiger charge is -2.17. The lowest BCUT2D eigenvalue weighted by atomic mass is 10.1. The molecule has 0 unspecified atom stereocenters. The van der Waals surface area contributed by atoms with Gasteiger partial charge in [0.2, 0.25) is 0 Å². The van der Waals surface area contributed by atoms with E-state index in [2.05, 4.69) is 21.0 Å². The molecule has 0 saturated carbocycles. The highest BCUT2D eigenvalue weighted by molar-refractivity contribution is 9.10. The number of hydrogen-bond donors (Lipinski definition) is 1. The fourth-order valence-corrected chi connectivity index (χ4v) is 4.25. The molecule has 1 aromatic heterocycles. The van der Waals surface area contributed by atoms with Gasteiger partial charge in [0.15, 0.2) is 0 Å². The molecule has 0 bridgehead atoms. The van der Waals surface area contributed by atoms with Crippen molar-refractivity contribution in [2.75, 3.05) is 19.0 Å². The summed E-state index contributed by atoms with van der Waals surface area (Å²) in [6.07, 6.45) is 2.40. The van der Waals surface area contributed by atoms with E-state index < -0.39 is 5.97 Å². The van der Waals surface area contributed by atoms with Gasteiger partial charge in [-0.25, -0.2) is 9.78 Å². The van der Waals surface area contributed by atoms with E-state index in [0.29, 0.717) is 28.0 Å². The Labute approximate surface area is 229 Å². The van der Waals surface area contributed by atoms with Gasteiger partial charge in [-0.05, 0) is 54.4 Å². The van der Waals surface area contributed by atoms with Gasteiger partial charge in [-0.1, -0.05) is 41.9 Å². The van der Waals surface area contributed by atoms with E-state index in [1.165, 1.54) is 4.68 Å². The number of carboxylic acids is 1. The zero-order chi connectivity index (χ0) is 27.4. The van der Waals surface area contributed by atoms with E-state index in [4.69, 9.17) is 9.72 Å². The SMILES string of the molecule is CC[C@@H](C)c1nc2ccc(Br)cc2c(=O)n1N=Cc1ccc(N(C)C)cc1OCc1cccc(C(=O)O)c1. The first-order chi connectivity index (χ1) is 18.2. The van der Waals surface area contributed by atoms with Crippen LogP contribution in [0, 0.1) is 0 Å². The second-order valence-corrected chi connectivity index (χ2v) is 10.1. The van der Waals surface area contributed by atoms with Crippen LogP contribution in [0.3, 0.4) is 0 Å². The Kier molecular flexibility index (Phi) is 8.26. The summed E-state index contributed by atoms with van der Waals surface area (Å²) in [5.41, 5.74) is 2.89. The van der Waals surface area contributed by atoms with Gasteiger partial charge in [0.1, 0.15) is 18.2 Å². The fraction of sp³-hybridized carbons (Fsp3) is 0.241. The molecular formula is C29H29BrN4O4. The summed E-state index contributed by atoms with van der Waals surface area (Å²) >= 11 is 3.44. The number of anilines is 1. The molecule has 3 aromatic carbocycles. The van der Waals surface area contributed by atoms with Crippen LogP contribution in [-0.4, -0.2) is 41.0 Å². The standard InChI is InChI=1S/C29H29BrN4O4/c1-5-18(2)27-32-25-12-10-22(30)14-24(25)28(35)34(27)31-16-21-9-11-23(33(3)4)15-26(21)38-17-19-7-6-8-20(13-19)29(36)37/h6-16,18H,5,17H2,1-4H3,(H,36,37)/t18-/m1/s1. The first-order valence-electron chi connectivity index (χ1n) is 12.2. The maximum Gasteiger partial charge on any atom is 0.335 e. The zero-order valence-corrected chi connectivity index (χ0v) is 23.3. The van der Waals surface area contributed by atoms with Crippen molar-refractivity contribution in [3.63, 3.8) is 0 Å². The van der Waals surface area contributed by atoms with E-state index in [1.54, 1.807) is 30.5 Å². The highest BCUT2D eigenvalue weighted by atomic mass is 79.9. The molecule has 196 valence electrons. The topological polar surface area (TPSA) is 97.0 Å². The maximum absolute atomic E-state index is 13.5. The van der Waals surface area contributed by atoms with Gasteiger partial charge in [0, 0.05) is 41.8 Å². The van der Waals surface area contributed by atoms with E-state index in [0.717, 1.165) is 22.1 Å². The number of rotatable bonds is 9. The lowest BCUT2D eigenvalue weighted by Crippen LogP contribution is -2.23. The summed E-state index contributed by atoms with van der Waals surface area (Å²) in [6, 6.07) is 17.8. The van der Waals surface area contributed by atoms with Gasteiger partial charge in [-0.3, -0.25) is 4.79 Å². The Balaban J connectivity index is 1.75. The third-order valence-electron chi connectivity index (χ3n) is 6.28. The average molecular weight is 577 g/mol. The number of aromatic nitrogens is 2. The Morgan fingerprint density at radius 2 is 1.97 bits per heavy atom. The lowest BCUT2D eigenvalue weighted by molar-refractivity contribution is 0.0696. The molecule has 9 heteroatoms. The molecular weight excluding hydrogens is 548 g/mol. The van der Waals surface area contributed by atoms with E-state index in [-0.39, 0.29) is 23.6 Å². The molecule has 4 rings (SSSR count). The summed E-state index contributed by atoms with van der Waals surface area (Å²) in [4.78, 5) is 31.5. The van der Waals surface area contributed by atoms with E-state index >= 15 is 0 Å². The van der Waals surface area contributed by atoms with Crippen molar-refractivity contribution in [2.45, 2.75) is 32.8 Å². The molecule has 0 radical (unpaired) electrons. The number of nitrogens with zero attached hydrogens (tertiary/aromatic N) is 4. The van der Waals surface area contributed by atoms with Crippen LogP contribution in [0.4, 0.5) is 5.69 Å². The van der Waals surface area contributed by atoms with E-state index in [9.17, 15) is 14.7 Å². The van der Waals surface area contributed by atoms with Crippen LogP contribution < -0.4 is 15.2 Å². The Hall–Kier alpha value is -3.98. The summed E-state index contributed by atoms with van der Waals surface area (Å²) in [7, 11) is 3.86. The third-order valence-corrected chi connectivity index (χ3v) is 6.77. The smallest absolute Gasteiger partial charge is 0.335 e. The van der Waals surface area contributed by atoms with Crippen molar-refractivity contribution in [2.24, 2.45) is 5.10 Å². The van der Waals surface area contributed by atoms with Crippen molar-refractivity contribution in [1.82, 2.24) is 9.66 Å². The first-order valence-corrected chi connectivity index (χ1v) is 13.0. The predicted octanol–water partition coefficient (Wildman–Crippen LogP) is 5.90. The fourth-order valence-electron chi connectivity index (χ4n) is 3.89. The Bertz CT molecular complexity index is 1580. The van der Waals surface area contributed by atoms with Gasteiger partial charge in [-0.2, -0.15) is 9.78 Å². The van der Waals surface area contributed by atoms with Gasteiger partial charge < -0.3 is 14.7 Å². The number of halogens is 1. The number of ether oxygens (including phenoxy) is 1. The van der Waals surface area contributed by atoms with Gasteiger partial charge in [0.05, 0.1) is 22.7 Å². The van der Waals surface area contributed by atoms with Crippen molar-refractivity contribution in [3.05, 3.63) is 98.0 Å². The van der Waals surface area contributed by atoms with Crippen LogP contribution in [0.2, 0.25) is 0 Å². The summed E-state index contributed by atoms with van der Waals surface area (Å²) in [5.74, 6) is 0.158. The number of benzene rings is 3. The monoisotopic (exact) mass is 576 g/mol. The second kappa shape index (κ2) is 11.6. The zero-order valence-electron chi connectivity index (χ0n) is 21.7. The van der Waals surface area contributed by atoms with Crippen LogP contribution in [-0.2, 0) is 6.61 Å². The Morgan fingerprint density at radius 1 is 1.18 bits per heavy atom. The van der Waals surface area contributed by atoms with Crippen molar-refractivity contribution >= 4 is 44.7 Å². The first kappa shape index (κ1) is 27.1. The Morgan fingerprint density at radius 3 is 2.68 bits per heavy atom. The van der Waals surface area contributed by atoms with Crippen LogP contribution in [0.1, 0.15) is 53.5 Å². The normalized spacial score (nSPS) is 12.1. The largest absolute Gasteiger partial charge is 0.488 e. The number of carbonyl (C=O) groups is 1. The number of aromatic carboxylic acids is 1. The third kappa shape index (κ3) is 5.94. The van der Waals surface area contributed by atoms with Gasteiger partial charge in [-0.15, -0.1) is 0 Å². The summed E-state index contributed by atoms with van der Waals surface area (Å²) < 4.78 is 8.29. The van der Waals surface area contributed by atoms with Crippen LogP contribution in [0.15, 0.2) is 75.0 Å². The van der Waals surface area contributed by atoms with Crippen molar-refractivity contribution in [1.29, 1.82) is 0 Å². The minimum Gasteiger partial charge on any atom is -0.488 e. The van der Waals surface area contributed by atoms with E-state index in [1.807, 2.05) is 69.2 Å². The minimum absolute atomic E-state index is 0.0150. The molecule has 38 heavy (non-hydrogen) atoms. The molecule has 4 aromatic rings. The molecule has 0 fully saturated rings. The quantitative estimate of drug-likeness (QED) is 0.249. The van der Waals surface area contributed by atoms with Crippen LogP contribution >= 0.6 is 15.9 Å². The molecule has 0 spiro atoms. The highest BCUT2D eigenvalue weighted by Gasteiger charge is 2.16. The summed E-state index contributed by atoms with van der Waals surface area (Å²) in [6.45, 7) is 4.23. The molecule has 1 N–H and O–H groups in total.